The van der Waals surface area contributed by atoms with Gasteiger partial charge < -0.3 is 0 Å². The molecule has 1 heterocycles. The summed E-state index contributed by atoms with van der Waals surface area (Å²) in [6, 6.07) is 10.9. The molecule has 0 N–H and O–H groups in total. The molecule has 0 spiro atoms. The Morgan fingerprint density at radius 1 is 1.12 bits per heavy atom. The SMILES string of the molecule is Fc1ccc(Cc2ncccc2C2CC2)cc1. The van der Waals surface area contributed by atoms with E-state index in [1.54, 1.807) is 0 Å². The average molecular weight is 227 g/mol. The molecule has 1 fully saturated rings. The Hall–Kier alpha value is -1.70. The molecule has 1 saturated carbocycles. The van der Waals surface area contributed by atoms with Gasteiger partial charge in [0.25, 0.3) is 0 Å². The van der Waals surface area contributed by atoms with Gasteiger partial charge in [-0.1, -0.05) is 18.2 Å². The molecule has 0 amide bonds. The first-order valence-corrected chi connectivity index (χ1v) is 6.01. The van der Waals surface area contributed by atoms with Crippen LogP contribution in [-0.4, -0.2) is 4.98 Å². The number of hydrogen-bond acceptors (Lipinski definition) is 1. The molecule has 1 aromatic carbocycles. The quantitative estimate of drug-likeness (QED) is 0.779. The predicted octanol–water partition coefficient (Wildman–Crippen LogP) is 3.69. The average Bonchev–Trinajstić information content (AvgIpc) is 3.17. The minimum Gasteiger partial charge on any atom is -0.261 e. The maximum Gasteiger partial charge on any atom is 0.123 e. The Labute approximate surface area is 100 Å². The summed E-state index contributed by atoms with van der Waals surface area (Å²) in [5.74, 6) is 0.524. The number of nitrogens with zero attached hydrogens (tertiary/aromatic N) is 1. The summed E-state index contributed by atoms with van der Waals surface area (Å²) in [6.07, 6.45) is 5.20. The molecule has 0 saturated heterocycles. The predicted molar refractivity (Wildman–Crippen MR) is 65.4 cm³/mol. The standard InChI is InChI=1S/C15H14FN/c16-13-7-3-11(4-8-13)10-15-14(12-5-6-12)2-1-9-17-15/h1-4,7-9,12H,5-6,10H2. The fourth-order valence-electron chi connectivity index (χ4n) is 2.16. The lowest BCUT2D eigenvalue weighted by Crippen LogP contribution is -1.97. The van der Waals surface area contributed by atoms with E-state index in [4.69, 9.17) is 0 Å². The first-order valence-electron chi connectivity index (χ1n) is 6.01. The van der Waals surface area contributed by atoms with Crippen LogP contribution < -0.4 is 0 Å². The van der Waals surface area contributed by atoms with E-state index in [2.05, 4.69) is 11.1 Å². The van der Waals surface area contributed by atoms with Crippen molar-refractivity contribution in [1.82, 2.24) is 4.98 Å². The Kier molecular flexibility index (Phi) is 2.63. The Morgan fingerprint density at radius 2 is 1.88 bits per heavy atom. The van der Waals surface area contributed by atoms with E-state index < -0.39 is 0 Å². The number of rotatable bonds is 3. The van der Waals surface area contributed by atoms with Crippen molar-refractivity contribution in [1.29, 1.82) is 0 Å². The maximum absolute atomic E-state index is 12.8. The van der Waals surface area contributed by atoms with E-state index in [9.17, 15) is 4.39 Å². The van der Waals surface area contributed by atoms with Crippen LogP contribution in [0.15, 0.2) is 42.6 Å². The van der Waals surface area contributed by atoms with Crippen molar-refractivity contribution in [2.45, 2.75) is 25.2 Å². The topological polar surface area (TPSA) is 12.9 Å². The molecule has 3 rings (SSSR count). The summed E-state index contributed by atoms with van der Waals surface area (Å²) < 4.78 is 12.8. The van der Waals surface area contributed by atoms with Gasteiger partial charge >= 0.3 is 0 Å². The van der Waals surface area contributed by atoms with Crippen LogP contribution in [0.4, 0.5) is 4.39 Å². The highest BCUT2D eigenvalue weighted by Gasteiger charge is 2.26. The van der Waals surface area contributed by atoms with Crippen molar-refractivity contribution in [2.75, 3.05) is 0 Å². The highest BCUT2D eigenvalue weighted by molar-refractivity contribution is 5.32. The number of benzene rings is 1. The molecule has 2 heteroatoms. The molecule has 1 aliphatic rings. The van der Waals surface area contributed by atoms with E-state index >= 15 is 0 Å². The number of aromatic nitrogens is 1. The molecule has 86 valence electrons. The minimum absolute atomic E-state index is 0.183. The molecule has 0 unspecified atom stereocenters. The fraction of sp³-hybridized carbons (Fsp3) is 0.267. The van der Waals surface area contributed by atoms with E-state index in [-0.39, 0.29) is 5.82 Å². The zero-order chi connectivity index (χ0) is 11.7. The number of hydrogen-bond donors (Lipinski definition) is 0. The summed E-state index contributed by atoms with van der Waals surface area (Å²) >= 11 is 0. The summed E-state index contributed by atoms with van der Waals surface area (Å²) in [5, 5.41) is 0. The van der Waals surface area contributed by atoms with Crippen molar-refractivity contribution in [2.24, 2.45) is 0 Å². The second-order valence-corrected chi connectivity index (χ2v) is 4.62. The van der Waals surface area contributed by atoms with Gasteiger partial charge in [-0.05, 0) is 48.1 Å². The summed E-state index contributed by atoms with van der Waals surface area (Å²) in [7, 11) is 0. The van der Waals surface area contributed by atoms with Gasteiger partial charge in [0.2, 0.25) is 0 Å². The molecule has 0 bridgehead atoms. The molecule has 1 aliphatic carbocycles. The van der Waals surface area contributed by atoms with Crippen molar-refractivity contribution < 1.29 is 4.39 Å². The Morgan fingerprint density at radius 3 is 2.59 bits per heavy atom. The van der Waals surface area contributed by atoms with Gasteiger partial charge in [0.1, 0.15) is 5.82 Å². The van der Waals surface area contributed by atoms with Crippen LogP contribution in [0.2, 0.25) is 0 Å². The third-order valence-corrected chi connectivity index (χ3v) is 3.23. The number of pyridine rings is 1. The van der Waals surface area contributed by atoms with Gasteiger partial charge in [0, 0.05) is 18.3 Å². The molecule has 1 nitrogen and oxygen atoms in total. The van der Waals surface area contributed by atoms with Crippen LogP contribution >= 0.6 is 0 Å². The van der Waals surface area contributed by atoms with Crippen LogP contribution in [0, 0.1) is 5.82 Å². The van der Waals surface area contributed by atoms with Crippen LogP contribution in [0.25, 0.3) is 0 Å². The van der Waals surface area contributed by atoms with Gasteiger partial charge in [0.05, 0.1) is 0 Å². The van der Waals surface area contributed by atoms with Crippen molar-refractivity contribution in [3.8, 4) is 0 Å². The van der Waals surface area contributed by atoms with Crippen LogP contribution in [0.1, 0.15) is 35.6 Å². The van der Waals surface area contributed by atoms with Gasteiger partial charge in [-0.2, -0.15) is 0 Å². The third kappa shape index (κ3) is 2.36. The lowest BCUT2D eigenvalue weighted by Gasteiger charge is -2.07. The zero-order valence-electron chi connectivity index (χ0n) is 9.57. The molecule has 2 aromatic rings. The van der Waals surface area contributed by atoms with E-state index in [0.717, 1.165) is 17.7 Å². The smallest absolute Gasteiger partial charge is 0.123 e. The monoisotopic (exact) mass is 227 g/mol. The maximum atomic E-state index is 12.8. The van der Waals surface area contributed by atoms with Crippen molar-refractivity contribution >= 4 is 0 Å². The van der Waals surface area contributed by atoms with Gasteiger partial charge in [-0.15, -0.1) is 0 Å². The summed E-state index contributed by atoms with van der Waals surface area (Å²) in [5.41, 5.74) is 3.63. The lowest BCUT2D eigenvalue weighted by atomic mass is 10.0. The molecule has 0 radical (unpaired) electrons. The number of halogens is 1. The summed E-state index contributed by atoms with van der Waals surface area (Å²) in [4.78, 5) is 4.46. The second kappa shape index (κ2) is 4.28. The van der Waals surface area contributed by atoms with E-state index in [0.29, 0.717) is 5.92 Å². The highest BCUT2D eigenvalue weighted by atomic mass is 19.1. The van der Waals surface area contributed by atoms with Gasteiger partial charge in [-0.25, -0.2) is 4.39 Å². The first-order chi connectivity index (χ1) is 8.33. The molecular weight excluding hydrogens is 213 g/mol. The highest BCUT2D eigenvalue weighted by Crippen LogP contribution is 2.41. The van der Waals surface area contributed by atoms with Gasteiger partial charge in [-0.3, -0.25) is 4.98 Å². The van der Waals surface area contributed by atoms with Crippen molar-refractivity contribution in [3.63, 3.8) is 0 Å². The minimum atomic E-state index is -0.183. The van der Waals surface area contributed by atoms with E-state index in [1.807, 2.05) is 24.4 Å². The van der Waals surface area contributed by atoms with Crippen molar-refractivity contribution in [3.05, 3.63) is 65.2 Å². The molecular formula is C15H14FN. The Balaban J connectivity index is 1.87. The normalized spacial score (nSPS) is 14.9. The Bertz CT molecular complexity index is 515. The summed E-state index contributed by atoms with van der Waals surface area (Å²) in [6.45, 7) is 0. The lowest BCUT2D eigenvalue weighted by molar-refractivity contribution is 0.627. The molecule has 1 aromatic heterocycles. The third-order valence-electron chi connectivity index (χ3n) is 3.23. The van der Waals surface area contributed by atoms with E-state index in [1.165, 1.54) is 30.5 Å². The first kappa shape index (κ1) is 10.5. The molecule has 0 atom stereocenters. The van der Waals surface area contributed by atoms with Crippen LogP contribution in [-0.2, 0) is 6.42 Å². The second-order valence-electron chi connectivity index (χ2n) is 4.62. The fourth-order valence-corrected chi connectivity index (χ4v) is 2.16. The molecule has 17 heavy (non-hydrogen) atoms. The molecule has 0 aliphatic heterocycles. The van der Waals surface area contributed by atoms with Crippen LogP contribution in [0.3, 0.4) is 0 Å². The van der Waals surface area contributed by atoms with Gasteiger partial charge in [0.15, 0.2) is 0 Å². The zero-order valence-corrected chi connectivity index (χ0v) is 9.57. The largest absolute Gasteiger partial charge is 0.261 e. The van der Waals surface area contributed by atoms with Crippen LogP contribution in [0.5, 0.6) is 0 Å².